The SMILES string of the molecule is CCC(C)Oc1ccc(NC(=O)CNc2ccc(OCCOC)cc2)cc1. The van der Waals surface area contributed by atoms with Crippen LogP contribution >= 0.6 is 0 Å². The quantitative estimate of drug-likeness (QED) is 0.585. The maximum atomic E-state index is 12.1. The second-order valence-electron chi connectivity index (χ2n) is 6.13. The zero-order valence-corrected chi connectivity index (χ0v) is 16.2. The van der Waals surface area contributed by atoms with Crippen molar-refractivity contribution in [2.75, 3.05) is 37.5 Å². The molecule has 0 aliphatic rings. The molecular weight excluding hydrogens is 344 g/mol. The third-order valence-electron chi connectivity index (χ3n) is 3.91. The third-order valence-corrected chi connectivity index (χ3v) is 3.91. The van der Waals surface area contributed by atoms with Crippen LogP contribution in [-0.2, 0) is 9.53 Å². The number of nitrogens with one attached hydrogen (secondary N) is 2. The molecule has 0 saturated heterocycles. The Morgan fingerprint density at radius 1 is 0.963 bits per heavy atom. The van der Waals surface area contributed by atoms with Crippen molar-refractivity contribution in [3.05, 3.63) is 48.5 Å². The van der Waals surface area contributed by atoms with Gasteiger partial charge in [0.05, 0.1) is 19.3 Å². The molecule has 0 saturated carbocycles. The van der Waals surface area contributed by atoms with Crippen molar-refractivity contribution < 1.29 is 19.0 Å². The summed E-state index contributed by atoms with van der Waals surface area (Å²) >= 11 is 0. The van der Waals surface area contributed by atoms with E-state index in [2.05, 4.69) is 17.6 Å². The number of hydrogen-bond donors (Lipinski definition) is 2. The molecule has 2 aromatic rings. The Hall–Kier alpha value is -2.73. The van der Waals surface area contributed by atoms with Crippen molar-refractivity contribution in [1.29, 1.82) is 0 Å². The Kier molecular flexibility index (Phi) is 8.45. The lowest BCUT2D eigenvalue weighted by Crippen LogP contribution is -2.21. The minimum Gasteiger partial charge on any atom is -0.491 e. The van der Waals surface area contributed by atoms with E-state index in [1.807, 2.05) is 55.5 Å². The van der Waals surface area contributed by atoms with E-state index in [1.165, 1.54) is 0 Å². The summed E-state index contributed by atoms with van der Waals surface area (Å²) in [7, 11) is 1.64. The monoisotopic (exact) mass is 372 g/mol. The Morgan fingerprint density at radius 3 is 2.22 bits per heavy atom. The Morgan fingerprint density at radius 2 is 1.59 bits per heavy atom. The van der Waals surface area contributed by atoms with Gasteiger partial charge in [0.2, 0.25) is 5.91 Å². The van der Waals surface area contributed by atoms with Crippen LogP contribution in [0.4, 0.5) is 11.4 Å². The first-order chi connectivity index (χ1) is 13.1. The van der Waals surface area contributed by atoms with E-state index in [0.717, 1.165) is 29.3 Å². The first-order valence-corrected chi connectivity index (χ1v) is 9.13. The molecule has 0 aliphatic carbocycles. The molecular formula is C21H28N2O4. The minimum absolute atomic E-state index is 0.119. The molecule has 1 unspecified atom stereocenters. The molecule has 2 rings (SSSR count). The van der Waals surface area contributed by atoms with Gasteiger partial charge in [0, 0.05) is 18.5 Å². The van der Waals surface area contributed by atoms with Crippen LogP contribution in [0.3, 0.4) is 0 Å². The predicted octanol–water partition coefficient (Wildman–Crippen LogP) is 3.94. The summed E-state index contributed by atoms with van der Waals surface area (Å²) in [6.45, 7) is 5.33. The zero-order chi connectivity index (χ0) is 19.5. The molecule has 2 aromatic carbocycles. The second kappa shape index (κ2) is 11.1. The van der Waals surface area contributed by atoms with Gasteiger partial charge in [0.1, 0.15) is 18.1 Å². The van der Waals surface area contributed by atoms with Crippen LogP contribution < -0.4 is 20.1 Å². The van der Waals surface area contributed by atoms with Crippen LogP contribution in [-0.4, -0.2) is 38.9 Å². The molecule has 6 nitrogen and oxygen atoms in total. The summed E-state index contributed by atoms with van der Waals surface area (Å²) in [6.07, 6.45) is 1.12. The van der Waals surface area contributed by atoms with E-state index in [1.54, 1.807) is 7.11 Å². The molecule has 0 radical (unpaired) electrons. The molecule has 27 heavy (non-hydrogen) atoms. The van der Waals surface area contributed by atoms with E-state index in [0.29, 0.717) is 13.2 Å². The van der Waals surface area contributed by atoms with Crippen molar-refractivity contribution in [1.82, 2.24) is 0 Å². The highest BCUT2D eigenvalue weighted by atomic mass is 16.5. The van der Waals surface area contributed by atoms with Gasteiger partial charge < -0.3 is 24.8 Å². The smallest absolute Gasteiger partial charge is 0.243 e. The standard InChI is InChI=1S/C21H28N2O4/c1-4-16(2)27-20-11-7-18(8-12-20)23-21(24)15-22-17-5-9-19(10-6-17)26-14-13-25-3/h5-12,16,22H,4,13-15H2,1-3H3,(H,23,24). The zero-order valence-electron chi connectivity index (χ0n) is 16.2. The van der Waals surface area contributed by atoms with Crippen LogP contribution in [0.15, 0.2) is 48.5 Å². The number of ether oxygens (including phenoxy) is 3. The molecule has 2 N–H and O–H groups in total. The number of rotatable bonds is 11. The average Bonchev–Trinajstić information content (AvgIpc) is 2.69. The molecule has 146 valence electrons. The minimum atomic E-state index is -0.119. The molecule has 0 bridgehead atoms. The van der Waals surface area contributed by atoms with Crippen LogP contribution in [0.1, 0.15) is 20.3 Å². The van der Waals surface area contributed by atoms with E-state index in [4.69, 9.17) is 14.2 Å². The van der Waals surface area contributed by atoms with Crippen LogP contribution in [0.25, 0.3) is 0 Å². The highest BCUT2D eigenvalue weighted by Crippen LogP contribution is 2.18. The maximum absolute atomic E-state index is 12.1. The fourth-order valence-electron chi connectivity index (χ4n) is 2.23. The van der Waals surface area contributed by atoms with Crippen molar-refractivity contribution in [2.45, 2.75) is 26.4 Å². The van der Waals surface area contributed by atoms with Crippen molar-refractivity contribution >= 4 is 17.3 Å². The molecule has 6 heteroatoms. The largest absolute Gasteiger partial charge is 0.491 e. The van der Waals surface area contributed by atoms with E-state index in [-0.39, 0.29) is 18.6 Å². The Balaban J connectivity index is 1.75. The normalized spacial score (nSPS) is 11.5. The van der Waals surface area contributed by atoms with Crippen LogP contribution in [0, 0.1) is 0 Å². The average molecular weight is 372 g/mol. The second-order valence-corrected chi connectivity index (χ2v) is 6.13. The lowest BCUT2D eigenvalue weighted by Gasteiger charge is -2.13. The summed E-state index contributed by atoms with van der Waals surface area (Å²) < 4.78 is 16.2. The summed E-state index contributed by atoms with van der Waals surface area (Å²) in [5, 5.41) is 5.94. The molecule has 0 aromatic heterocycles. The molecule has 0 aliphatic heterocycles. The van der Waals surface area contributed by atoms with Crippen molar-refractivity contribution in [2.24, 2.45) is 0 Å². The number of hydrogen-bond acceptors (Lipinski definition) is 5. The van der Waals surface area contributed by atoms with Gasteiger partial charge in [-0.05, 0) is 61.9 Å². The molecule has 0 spiro atoms. The van der Waals surface area contributed by atoms with Gasteiger partial charge in [0.15, 0.2) is 0 Å². The van der Waals surface area contributed by atoms with Crippen LogP contribution in [0.2, 0.25) is 0 Å². The molecule has 1 amide bonds. The number of methoxy groups -OCH3 is 1. The van der Waals surface area contributed by atoms with E-state index >= 15 is 0 Å². The Labute approximate surface area is 160 Å². The number of amides is 1. The van der Waals surface area contributed by atoms with Gasteiger partial charge in [-0.1, -0.05) is 6.92 Å². The fraction of sp³-hybridized carbons (Fsp3) is 0.381. The summed E-state index contributed by atoms with van der Waals surface area (Å²) in [5.74, 6) is 1.45. The van der Waals surface area contributed by atoms with E-state index in [9.17, 15) is 4.79 Å². The molecule has 1 atom stereocenters. The topological polar surface area (TPSA) is 68.8 Å². The first-order valence-electron chi connectivity index (χ1n) is 9.13. The lowest BCUT2D eigenvalue weighted by atomic mass is 10.2. The Bertz CT molecular complexity index is 686. The highest BCUT2D eigenvalue weighted by molar-refractivity contribution is 5.93. The van der Waals surface area contributed by atoms with Gasteiger partial charge in [-0.25, -0.2) is 0 Å². The highest BCUT2D eigenvalue weighted by Gasteiger charge is 2.05. The number of carbonyl (C=O) groups excluding carboxylic acids is 1. The van der Waals surface area contributed by atoms with Gasteiger partial charge in [-0.2, -0.15) is 0 Å². The van der Waals surface area contributed by atoms with Crippen molar-refractivity contribution in [3.8, 4) is 11.5 Å². The number of carbonyl (C=O) groups is 1. The summed E-state index contributed by atoms with van der Waals surface area (Å²) in [6, 6.07) is 14.8. The van der Waals surface area contributed by atoms with Crippen LogP contribution in [0.5, 0.6) is 11.5 Å². The molecule has 0 fully saturated rings. The summed E-state index contributed by atoms with van der Waals surface area (Å²) in [5.41, 5.74) is 1.58. The van der Waals surface area contributed by atoms with Gasteiger partial charge in [-0.3, -0.25) is 4.79 Å². The predicted molar refractivity (Wildman–Crippen MR) is 108 cm³/mol. The van der Waals surface area contributed by atoms with Crippen molar-refractivity contribution in [3.63, 3.8) is 0 Å². The fourth-order valence-corrected chi connectivity index (χ4v) is 2.23. The first kappa shape index (κ1) is 20.6. The number of benzene rings is 2. The van der Waals surface area contributed by atoms with E-state index < -0.39 is 0 Å². The lowest BCUT2D eigenvalue weighted by molar-refractivity contribution is -0.114. The van der Waals surface area contributed by atoms with Gasteiger partial charge in [-0.15, -0.1) is 0 Å². The maximum Gasteiger partial charge on any atom is 0.243 e. The molecule has 0 heterocycles. The summed E-state index contributed by atoms with van der Waals surface area (Å²) in [4.78, 5) is 12.1. The number of anilines is 2. The van der Waals surface area contributed by atoms with Gasteiger partial charge in [0.25, 0.3) is 0 Å². The van der Waals surface area contributed by atoms with Gasteiger partial charge >= 0.3 is 0 Å². The third kappa shape index (κ3) is 7.58.